The summed E-state index contributed by atoms with van der Waals surface area (Å²) in [5, 5.41) is 2.17. The van der Waals surface area contributed by atoms with Crippen LogP contribution in [0.2, 0.25) is 0 Å². The molecule has 0 bridgehead atoms. The molecule has 0 amide bonds. The highest BCUT2D eigenvalue weighted by atomic mass is 19.2. The second-order valence-corrected chi connectivity index (χ2v) is 3.13. The van der Waals surface area contributed by atoms with E-state index in [4.69, 9.17) is 0 Å². The van der Waals surface area contributed by atoms with E-state index in [-0.39, 0.29) is 11.5 Å². The summed E-state index contributed by atoms with van der Waals surface area (Å²) >= 11 is 0. The quantitative estimate of drug-likeness (QED) is 0.749. The van der Waals surface area contributed by atoms with E-state index in [0.717, 1.165) is 4.68 Å². The summed E-state index contributed by atoms with van der Waals surface area (Å²) in [6.45, 7) is 1.43. The van der Waals surface area contributed by atoms with Crippen molar-refractivity contribution < 1.29 is 13.2 Å². The number of H-pyrrole nitrogens is 1. The predicted octanol–water partition coefficient (Wildman–Crippen LogP) is 1.29. The Labute approximate surface area is 87.3 Å². The molecule has 0 radical (unpaired) electrons. The van der Waals surface area contributed by atoms with E-state index in [1.54, 1.807) is 0 Å². The number of rotatable bonds is 1. The Balaban J connectivity index is 2.69. The largest absolute Gasteiger partial charge is 0.361 e. The van der Waals surface area contributed by atoms with Crippen molar-refractivity contribution in [3.8, 4) is 5.69 Å². The van der Waals surface area contributed by atoms with Crippen LogP contribution in [0.1, 0.15) is 5.82 Å². The lowest BCUT2D eigenvalue weighted by molar-refractivity contribution is 0.491. The number of halogens is 3. The molecule has 1 heterocycles. The van der Waals surface area contributed by atoms with Gasteiger partial charge in [-0.2, -0.15) is 4.98 Å². The molecule has 2 rings (SSSR count). The number of aromatic amines is 1. The number of hydrogen-bond donors (Lipinski definition) is 1. The molecule has 7 heteroatoms. The number of aromatic nitrogens is 3. The molecule has 1 aromatic carbocycles. The second-order valence-electron chi connectivity index (χ2n) is 3.13. The minimum atomic E-state index is -1.29. The van der Waals surface area contributed by atoms with Crippen LogP contribution >= 0.6 is 0 Å². The third kappa shape index (κ3) is 1.60. The summed E-state index contributed by atoms with van der Waals surface area (Å²) in [6, 6.07) is 1.05. The topological polar surface area (TPSA) is 50.7 Å². The SMILES string of the molecule is Cc1nc(=O)[nH]n1-c1cc(F)c(F)cc1F. The van der Waals surface area contributed by atoms with Gasteiger partial charge in [0.15, 0.2) is 17.5 Å². The maximum Gasteiger partial charge on any atom is 0.361 e. The standard InChI is InChI=1S/C9H6F3N3O/c1-4-13-9(16)14-15(4)8-3-6(11)5(10)2-7(8)12/h2-3H,1H3,(H,14,16). The zero-order valence-electron chi connectivity index (χ0n) is 8.09. The molecule has 0 aliphatic carbocycles. The van der Waals surface area contributed by atoms with E-state index < -0.39 is 23.1 Å². The van der Waals surface area contributed by atoms with Crippen molar-refractivity contribution in [2.24, 2.45) is 0 Å². The molecule has 0 aliphatic rings. The molecule has 0 atom stereocenters. The smallest absolute Gasteiger partial charge is 0.244 e. The molecule has 4 nitrogen and oxygen atoms in total. The second kappa shape index (κ2) is 3.51. The van der Waals surface area contributed by atoms with E-state index in [2.05, 4.69) is 10.1 Å². The number of aryl methyl sites for hydroxylation is 1. The lowest BCUT2D eigenvalue weighted by Gasteiger charge is -2.05. The lowest BCUT2D eigenvalue weighted by Crippen LogP contribution is -2.07. The van der Waals surface area contributed by atoms with Crippen molar-refractivity contribution >= 4 is 0 Å². The minimum Gasteiger partial charge on any atom is -0.244 e. The van der Waals surface area contributed by atoms with Crippen LogP contribution in [-0.2, 0) is 0 Å². The average molecular weight is 229 g/mol. The molecule has 1 N–H and O–H groups in total. The Morgan fingerprint density at radius 2 is 1.81 bits per heavy atom. The molecule has 0 spiro atoms. The maximum atomic E-state index is 13.3. The van der Waals surface area contributed by atoms with Crippen LogP contribution in [0.4, 0.5) is 13.2 Å². The average Bonchev–Trinajstić information content (AvgIpc) is 2.51. The normalized spacial score (nSPS) is 10.8. The molecule has 84 valence electrons. The lowest BCUT2D eigenvalue weighted by atomic mass is 10.3. The maximum absolute atomic E-state index is 13.3. The summed E-state index contributed by atoms with van der Waals surface area (Å²) in [7, 11) is 0. The fourth-order valence-corrected chi connectivity index (χ4v) is 1.32. The summed E-state index contributed by atoms with van der Waals surface area (Å²) < 4.78 is 39.9. The first-order valence-electron chi connectivity index (χ1n) is 4.29. The van der Waals surface area contributed by atoms with Crippen LogP contribution in [0.3, 0.4) is 0 Å². The molecule has 0 fully saturated rings. The molecular formula is C9H6F3N3O. The summed E-state index contributed by atoms with van der Waals surface area (Å²) in [5.74, 6) is -3.34. The van der Waals surface area contributed by atoms with E-state index in [9.17, 15) is 18.0 Å². The van der Waals surface area contributed by atoms with Gasteiger partial charge in [0.05, 0.1) is 0 Å². The fraction of sp³-hybridized carbons (Fsp3) is 0.111. The van der Waals surface area contributed by atoms with E-state index in [1.807, 2.05) is 0 Å². The zero-order chi connectivity index (χ0) is 11.9. The minimum absolute atomic E-state index is 0.148. The van der Waals surface area contributed by atoms with Crippen LogP contribution in [-0.4, -0.2) is 14.8 Å². The van der Waals surface area contributed by atoms with E-state index >= 15 is 0 Å². The van der Waals surface area contributed by atoms with Gasteiger partial charge in [0.1, 0.15) is 11.5 Å². The summed E-state index contributed by atoms with van der Waals surface area (Å²) in [5.41, 5.74) is -0.993. The van der Waals surface area contributed by atoms with Gasteiger partial charge in [0.2, 0.25) is 0 Å². The van der Waals surface area contributed by atoms with Crippen molar-refractivity contribution in [1.82, 2.24) is 14.8 Å². The summed E-state index contributed by atoms with van der Waals surface area (Å²) in [6.07, 6.45) is 0. The van der Waals surface area contributed by atoms with Gasteiger partial charge in [0, 0.05) is 12.1 Å². The monoisotopic (exact) mass is 229 g/mol. The van der Waals surface area contributed by atoms with Crippen LogP contribution in [0.15, 0.2) is 16.9 Å². The molecule has 0 aliphatic heterocycles. The summed E-state index contributed by atoms with van der Waals surface area (Å²) in [4.78, 5) is 14.3. The van der Waals surface area contributed by atoms with E-state index in [1.165, 1.54) is 6.92 Å². The van der Waals surface area contributed by atoms with Crippen molar-refractivity contribution in [3.63, 3.8) is 0 Å². The molecule has 0 saturated carbocycles. The van der Waals surface area contributed by atoms with Gasteiger partial charge in [-0.3, -0.25) is 0 Å². The van der Waals surface area contributed by atoms with Gasteiger partial charge in [-0.05, 0) is 6.92 Å². The van der Waals surface area contributed by atoms with Gasteiger partial charge in [-0.15, -0.1) is 0 Å². The van der Waals surface area contributed by atoms with Crippen molar-refractivity contribution in [1.29, 1.82) is 0 Å². The van der Waals surface area contributed by atoms with Gasteiger partial charge in [0.25, 0.3) is 0 Å². The Morgan fingerprint density at radius 3 is 2.38 bits per heavy atom. The Kier molecular flexibility index (Phi) is 2.30. The molecule has 16 heavy (non-hydrogen) atoms. The van der Waals surface area contributed by atoms with E-state index in [0.29, 0.717) is 12.1 Å². The Hall–Kier alpha value is -2.05. The first-order chi connectivity index (χ1) is 7.49. The number of hydrogen-bond acceptors (Lipinski definition) is 2. The van der Waals surface area contributed by atoms with Crippen LogP contribution in [0.5, 0.6) is 0 Å². The molecule has 2 aromatic rings. The third-order valence-corrected chi connectivity index (χ3v) is 2.03. The number of nitrogens with zero attached hydrogens (tertiary/aromatic N) is 2. The van der Waals surface area contributed by atoms with Gasteiger partial charge in [-0.25, -0.2) is 27.7 Å². The number of nitrogens with one attached hydrogen (secondary N) is 1. The molecule has 1 aromatic heterocycles. The Bertz CT molecular complexity index is 603. The zero-order valence-corrected chi connectivity index (χ0v) is 8.09. The number of benzene rings is 1. The Morgan fingerprint density at radius 1 is 1.19 bits per heavy atom. The highest BCUT2D eigenvalue weighted by Gasteiger charge is 2.13. The van der Waals surface area contributed by atoms with Crippen LogP contribution < -0.4 is 5.69 Å². The highest BCUT2D eigenvalue weighted by molar-refractivity contribution is 5.34. The van der Waals surface area contributed by atoms with Crippen molar-refractivity contribution in [3.05, 3.63) is 45.9 Å². The molecular weight excluding hydrogens is 223 g/mol. The third-order valence-electron chi connectivity index (χ3n) is 2.03. The molecule has 0 saturated heterocycles. The highest BCUT2D eigenvalue weighted by Crippen LogP contribution is 2.17. The van der Waals surface area contributed by atoms with Gasteiger partial charge < -0.3 is 0 Å². The first kappa shape index (κ1) is 10.5. The van der Waals surface area contributed by atoms with Gasteiger partial charge in [-0.1, -0.05) is 0 Å². The van der Waals surface area contributed by atoms with Crippen molar-refractivity contribution in [2.75, 3.05) is 0 Å². The van der Waals surface area contributed by atoms with Crippen LogP contribution in [0, 0.1) is 24.4 Å². The first-order valence-corrected chi connectivity index (χ1v) is 4.29. The van der Waals surface area contributed by atoms with Crippen molar-refractivity contribution in [2.45, 2.75) is 6.92 Å². The van der Waals surface area contributed by atoms with Gasteiger partial charge >= 0.3 is 5.69 Å². The predicted molar refractivity (Wildman–Crippen MR) is 48.8 cm³/mol. The fourth-order valence-electron chi connectivity index (χ4n) is 1.32. The van der Waals surface area contributed by atoms with Crippen LogP contribution in [0.25, 0.3) is 5.69 Å². The molecule has 0 unspecified atom stereocenters.